The Morgan fingerprint density at radius 1 is 1.12 bits per heavy atom. The van der Waals surface area contributed by atoms with Crippen LogP contribution in [0, 0.1) is 3.57 Å². The van der Waals surface area contributed by atoms with Gasteiger partial charge in [0.15, 0.2) is 6.29 Å². The topological polar surface area (TPSA) is 17.1 Å². The first-order valence-electron chi connectivity index (χ1n) is 4.72. The third kappa shape index (κ3) is 2.28. The van der Waals surface area contributed by atoms with Gasteiger partial charge in [0.05, 0.1) is 5.02 Å². The molecule has 0 fully saturated rings. The SMILES string of the molecule is O=Cc1ccccc1-c1ccc(Cl)c(I)c1. The fourth-order valence-corrected chi connectivity index (χ4v) is 2.16. The fraction of sp³-hybridized carbons (Fsp3) is 0. The van der Waals surface area contributed by atoms with Crippen molar-refractivity contribution < 1.29 is 4.79 Å². The summed E-state index contributed by atoms with van der Waals surface area (Å²) in [5.74, 6) is 0. The van der Waals surface area contributed by atoms with Crippen molar-refractivity contribution in [3.8, 4) is 11.1 Å². The molecule has 0 aliphatic rings. The number of carbonyl (C=O) groups excluding carboxylic acids is 1. The zero-order valence-corrected chi connectivity index (χ0v) is 11.2. The van der Waals surface area contributed by atoms with Crippen molar-refractivity contribution in [1.29, 1.82) is 0 Å². The Bertz CT molecular complexity index is 537. The summed E-state index contributed by atoms with van der Waals surface area (Å²) >= 11 is 8.14. The Kier molecular flexibility index (Phi) is 3.61. The van der Waals surface area contributed by atoms with E-state index in [-0.39, 0.29) is 0 Å². The number of hydrogen-bond acceptors (Lipinski definition) is 1. The van der Waals surface area contributed by atoms with Crippen LogP contribution in [0.3, 0.4) is 0 Å². The number of halogens is 2. The molecule has 3 heteroatoms. The highest BCUT2D eigenvalue weighted by molar-refractivity contribution is 14.1. The summed E-state index contributed by atoms with van der Waals surface area (Å²) in [4.78, 5) is 10.9. The molecule has 2 aromatic carbocycles. The molecule has 0 aromatic heterocycles. The summed E-state index contributed by atoms with van der Waals surface area (Å²) in [6, 6.07) is 13.3. The van der Waals surface area contributed by atoms with Gasteiger partial charge in [-0.15, -0.1) is 0 Å². The predicted molar refractivity (Wildman–Crippen MR) is 75.0 cm³/mol. The van der Waals surface area contributed by atoms with Gasteiger partial charge in [-0.05, 0) is 45.9 Å². The molecule has 16 heavy (non-hydrogen) atoms. The number of hydrogen-bond donors (Lipinski definition) is 0. The number of carbonyl (C=O) groups is 1. The zero-order valence-electron chi connectivity index (χ0n) is 8.28. The second kappa shape index (κ2) is 4.97. The molecule has 0 bridgehead atoms. The van der Waals surface area contributed by atoms with E-state index in [1.165, 1.54) is 0 Å². The lowest BCUT2D eigenvalue weighted by Crippen LogP contribution is -1.87. The Labute approximate surface area is 113 Å². The van der Waals surface area contributed by atoms with Crippen LogP contribution in [-0.2, 0) is 0 Å². The summed E-state index contributed by atoms with van der Waals surface area (Å²) < 4.78 is 0.984. The Balaban J connectivity index is 2.58. The molecule has 1 nitrogen and oxygen atoms in total. The normalized spacial score (nSPS) is 10.1. The van der Waals surface area contributed by atoms with Gasteiger partial charge in [0.2, 0.25) is 0 Å². The fourth-order valence-electron chi connectivity index (χ4n) is 1.53. The molecule has 0 spiro atoms. The third-order valence-corrected chi connectivity index (χ3v) is 3.86. The molecule has 80 valence electrons. The van der Waals surface area contributed by atoms with Crippen LogP contribution in [0.15, 0.2) is 42.5 Å². The molecule has 2 rings (SSSR count). The first-order chi connectivity index (χ1) is 7.72. The predicted octanol–water partition coefficient (Wildman–Crippen LogP) is 4.42. The molecule has 0 amide bonds. The quantitative estimate of drug-likeness (QED) is 0.583. The molecule has 0 aliphatic heterocycles. The van der Waals surface area contributed by atoms with E-state index in [0.29, 0.717) is 5.56 Å². The summed E-state index contributed by atoms with van der Waals surface area (Å²) in [5.41, 5.74) is 2.64. The van der Waals surface area contributed by atoms with E-state index < -0.39 is 0 Å². The lowest BCUT2D eigenvalue weighted by Gasteiger charge is -2.06. The maximum Gasteiger partial charge on any atom is 0.150 e. The van der Waals surface area contributed by atoms with Gasteiger partial charge < -0.3 is 0 Å². The van der Waals surface area contributed by atoms with Gasteiger partial charge in [0, 0.05) is 9.13 Å². The monoisotopic (exact) mass is 342 g/mol. The molecule has 0 atom stereocenters. The summed E-state index contributed by atoms with van der Waals surface area (Å²) in [6.45, 7) is 0. The molecule has 0 saturated carbocycles. The summed E-state index contributed by atoms with van der Waals surface area (Å²) in [5, 5.41) is 0.730. The van der Waals surface area contributed by atoms with Crippen LogP contribution >= 0.6 is 34.2 Å². The van der Waals surface area contributed by atoms with E-state index in [0.717, 1.165) is 26.0 Å². The van der Waals surface area contributed by atoms with Gasteiger partial charge in [-0.2, -0.15) is 0 Å². The minimum atomic E-state index is 0.695. The van der Waals surface area contributed by atoms with Gasteiger partial charge in [-0.25, -0.2) is 0 Å². The highest BCUT2D eigenvalue weighted by Crippen LogP contribution is 2.27. The van der Waals surface area contributed by atoms with Gasteiger partial charge in [-0.1, -0.05) is 41.9 Å². The third-order valence-electron chi connectivity index (χ3n) is 2.32. The number of aldehydes is 1. The maximum atomic E-state index is 10.9. The minimum absolute atomic E-state index is 0.695. The lowest BCUT2D eigenvalue weighted by molar-refractivity contribution is 0.112. The van der Waals surface area contributed by atoms with E-state index in [1.54, 1.807) is 0 Å². The first-order valence-corrected chi connectivity index (χ1v) is 6.17. The zero-order chi connectivity index (χ0) is 11.5. The Morgan fingerprint density at radius 3 is 2.56 bits per heavy atom. The lowest BCUT2D eigenvalue weighted by atomic mass is 10.0. The van der Waals surface area contributed by atoms with Crippen LogP contribution in [0.25, 0.3) is 11.1 Å². The van der Waals surface area contributed by atoms with E-state index in [9.17, 15) is 4.79 Å². The molecule has 0 saturated heterocycles. The van der Waals surface area contributed by atoms with Crippen LogP contribution in [0.5, 0.6) is 0 Å². The molecule has 2 aromatic rings. The smallest absolute Gasteiger partial charge is 0.150 e. The van der Waals surface area contributed by atoms with Crippen molar-refractivity contribution in [2.45, 2.75) is 0 Å². The van der Waals surface area contributed by atoms with Crippen LogP contribution in [0.1, 0.15) is 10.4 Å². The standard InChI is InChI=1S/C13H8ClIO/c14-12-6-5-9(7-13(12)15)11-4-2-1-3-10(11)8-16/h1-8H. The van der Waals surface area contributed by atoms with Crippen LogP contribution < -0.4 is 0 Å². The van der Waals surface area contributed by atoms with Crippen molar-refractivity contribution in [2.75, 3.05) is 0 Å². The maximum absolute atomic E-state index is 10.9. The Hall–Kier alpha value is -0.870. The van der Waals surface area contributed by atoms with Crippen LogP contribution in [0.4, 0.5) is 0 Å². The number of benzene rings is 2. The molecule has 0 unspecified atom stereocenters. The van der Waals surface area contributed by atoms with Gasteiger partial charge in [-0.3, -0.25) is 4.79 Å². The van der Waals surface area contributed by atoms with Crippen LogP contribution in [0.2, 0.25) is 5.02 Å². The first kappa shape index (κ1) is 11.6. The highest BCUT2D eigenvalue weighted by Gasteiger charge is 2.05. The molecule has 0 radical (unpaired) electrons. The minimum Gasteiger partial charge on any atom is -0.298 e. The van der Waals surface area contributed by atoms with Crippen LogP contribution in [-0.4, -0.2) is 6.29 Å². The van der Waals surface area contributed by atoms with E-state index in [4.69, 9.17) is 11.6 Å². The highest BCUT2D eigenvalue weighted by atomic mass is 127. The van der Waals surface area contributed by atoms with E-state index in [1.807, 2.05) is 42.5 Å². The van der Waals surface area contributed by atoms with Crippen molar-refractivity contribution in [1.82, 2.24) is 0 Å². The van der Waals surface area contributed by atoms with Crippen molar-refractivity contribution in [3.63, 3.8) is 0 Å². The molecular weight excluding hydrogens is 334 g/mol. The molecular formula is C13H8ClIO. The summed E-state index contributed by atoms with van der Waals surface area (Å²) in [6.07, 6.45) is 0.872. The molecule has 0 aliphatic carbocycles. The molecule has 0 heterocycles. The van der Waals surface area contributed by atoms with Gasteiger partial charge >= 0.3 is 0 Å². The Morgan fingerprint density at radius 2 is 1.88 bits per heavy atom. The van der Waals surface area contributed by atoms with Crippen molar-refractivity contribution in [3.05, 3.63) is 56.6 Å². The average molecular weight is 343 g/mol. The van der Waals surface area contributed by atoms with E-state index >= 15 is 0 Å². The van der Waals surface area contributed by atoms with Crippen molar-refractivity contribution in [2.24, 2.45) is 0 Å². The average Bonchev–Trinajstić information content (AvgIpc) is 2.32. The summed E-state index contributed by atoms with van der Waals surface area (Å²) in [7, 11) is 0. The van der Waals surface area contributed by atoms with Gasteiger partial charge in [0.25, 0.3) is 0 Å². The largest absolute Gasteiger partial charge is 0.298 e. The second-order valence-corrected chi connectivity index (χ2v) is 4.90. The number of rotatable bonds is 2. The second-order valence-electron chi connectivity index (χ2n) is 3.33. The molecule has 0 N–H and O–H groups in total. The van der Waals surface area contributed by atoms with Crippen molar-refractivity contribution >= 4 is 40.5 Å². The van der Waals surface area contributed by atoms with E-state index in [2.05, 4.69) is 22.6 Å². The van der Waals surface area contributed by atoms with Gasteiger partial charge in [0.1, 0.15) is 0 Å².